The molecule has 2 atom stereocenters. The molecule has 0 aliphatic rings. The Morgan fingerprint density at radius 3 is 1.96 bits per heavy atom. The summed E-state index contributed by atoms with van der Waals surface area (Å²) < 4.78 is 5.50. The van der Waals surface area contributed by atoms with Gasteiger partial charge in [-0.05, 0) is 35.4 Å². The third-order valence-electron chi connectivity index (χ3n) is 3.73. The van der Waals surface area contributed by atoms with Gasteiger partial charge in [-0.25, -0.2) is 4.79 Å². The van der Waals surface area contributed by atoms with Crippen molar-refractivity contribution in [2.24, 2.45) is 0 Å². The van der Waals surface area contributed by atoms with E-state index < -0.39 is 18.2 Å². The van der Waals surface area contributed by atoms with Crippen LogP contribution in [0.15, 0.2) is 53.0 Å². The van der Waals surface area contributed by atoms with E-state index in [1.54, 1.807) is 24.3 Å². The van der Waals surface area contributed by atoms with Gasteiger partial charge in [0, 0.05) is 30.5 Å². The van der Waals surface area contributed by atoms with Gasteiger partial charge in [-0.3, -0.25) is 0 Å². The summed E-state index contributed by atoms with van der Waals surface area (Å²) in [6, 6.07) is 14.0. The van der Waals surface area contributed by atoms with Crippen molar-refractivity contribution < 1.29 is 30.0 Å². The summed E-state index contributed by atoms with van der Waals surface area (Å²) in [5.74, 6) is -0.437. The molecule has 0 spiro atoms. The Hall–Kier alpha value is -1.77. The number of aliphatic hydroxyl groups is 4. The maximum Gasteiger partial charge on any atom is 0.337 e. The first-order chi connectivity index (χ1) is 12.9. The van der Waals surface area contributed by atoms with Crippen LogP contribution < -0.4 is 0 Å². The fourth-order valence-corrected chi connectivity index (χ4v) is 2.70. The van der Waals surface area contributed by atoms with Crippen molar-refractivity contribution in [3.8, 4) is 0 Å². The highest BCUT2D eigenvalue weighted by Gasteiger charge is 2.10. The van der Waals surface area contributed by atoms with E-state index in [4.69, 9.17) is 10.2 Å². The minimum Gasteiger partial charge on any atom is -0.465 e. The number of carbonyl (C=O) groups is 1. The number of esters is 1. The van der Waals surface area contributed by atoms with Crippen LogP contribution in [0, 0.1) is 0 Å². The highest BCUT2D eigenvalue weighted by molar-refractivity contribution is 9.10. The molecule has 2 aromatic carbocycles. The second-order valence-electron chi connectivity index (χ2n) is 5.73. The average molecular weight is 441 g/mol. The van der Waals surface area contributed by atoms with Gasteiger partial charge in [0.15, 0.2) is 0 Å². The molecule has 2 aromatic rings. The lowest BCUT2D eigenvalue weighted by Gasteiger charge is -2.09. The maximum atomic E-state index is 11.2. The quantitative estimate of drug-likeness (QED) is 0.493. The molecule has 4 N–H and O–H groups in total. The normalized spacial score (nSPS) is 12.5. The van der Waals surface area contributed by atoms with E-state index >= 15 is 0 Å². The Morgan fingerprint density at radius 2 is 1.48 bits per heavy atom. The predicted octanol–water partition coefficient (Wildman–Crippen LogP) is 2.75. The minimum absolute atomic E-state index is 0.00762. The average Bonchev–Trinajstić information content (AvgIpc) is 2.68. The molecule has 0 aliphatic heterocycles. The summed E-state index contributed by atoms with van der Waals surface area (Å²) >= 11 is 3.31. The third kappa shape index (κ3) is 8.19. The largest absolute Gasteiger partial charge is 0.465 e. The van der Waals surface area contributed by atoms with Gasteiger partial charge in [0.25, 0.3) is 0 Å². The molecule has 2 rings (SSSR count). The van der Waals surface area contributed by atoms with Gasteiger partial charge < -0.3 is 25.2 Å². The van der Waals surface area contributed by atoms with Crippen LogP contribution in [0.1, 0.15) is 46.5 Å². The molecule has 0 heterocycles. The van der Waals surface area contributed by atoms with Gasteiger partial charge >= 0.3 is 5.97 Å². The molecule has 0 saturated carbocycles. The molecule has 0 aromatic heterocycles. The highest BCUT2D eigenvalue weighted by Crippen LogP contribution is 2.20. The number of halogens is 1. The number of carbonyl (C=O) groups excluding carboxylic acids is 1. The van der Waals surface area contributed by atoms with Crippen molar-refractivity contribution in [2.75, 3.05) is 20.3 Å². The summed E-state index contributed by atoms with van der Waals surface area (Å²) in [6.45, 7) is -0.0860. The van der Waals surface area contributed by atoms with Crippen LogP contribution in [-0.2, 0) is 4.74 Å². The lowest BCUT2D eigenvalue weighted by Crippen LogP contribution is -2.05. The Kier molecular flexibility index (Phi) is 10.8. The van der Waals surface area contributed by atoms with Gasteiger partial charge in [-0.1, -0.05) is 40.2 Å². The smallest absolute Gasteiger partial charge is 0.337 e. The van der Waals surface area contributed by atoms with E-state index in [9.17, 15) is 15.0 Å². The molecular formula is C20H25BrO6. The molecule has 0 bridgehead atoms. The number of rotatable bonds is 7. The SMILES string of the molecule is COC(=O)c1cccc(C(O)CCO)c1.OCCC(O)c1cccc(Br)c1. The number of ether oxygens (including phenoxy) is 1. The molecular weight excluding hydrogens is 416 g/mol. The van der Waals surface area contributed by atoms with Gasteiger partial charge in [-0.15, -0.1) is 0 Å². The second kappa shape index (κ2) is 12.6. The highest BCUT2D eigenvalue weighted by atomic mass is 79.9. The van der Waals surface area contributed by atoms with E-state index in [2.05, 4.69) is 20.7 Å². The lowest BCUT2D eigenvalue weighted by molar-refractivity contribution is 0.0600. The van der Waals surface area contributed by atoms with Crippen molar-refractivity contribution in [3.63, 3.8) is 0 Å². The van der Waals surface area contributed by atoms with Gasteiger partial charge in [0.05, 0.1) is 24.9 Å². The van der Waals surface area contributed by atoms with Crippen LogP contribution in [0.5, 0.6) is 0 Å². The molecule has 6 nitrogen and oxygen atoms in total. The monoisotopic (exact) mass is 440 g/mol. The lowest BCUT2D eigenvalue weighted by atomic mass is 10.0. The zero-order valence-electron chi connectivity index (χ0n) is 15.1. The first kappa shape index (κ1) is 23.3. The molecule has 0 fully saturated rings. The molecule has 7 heteroatoms. The summed E-state index contributed by atoms with van der Waals surface area (Å²) in [4.78, 5) is 11.2. The third-order valence-corrected chi connectivity index (χ3v) is 4.22. The van der Waals surface area contributed by atoms with E-state index in [0.29, 0.717) is 17.5 Å². The van der Waals surface area contributed by atoms with Crippen LogP contribution in [0.2, 0.25) is 0 Å². The van der Waals surface area contributed by atoms with Gasteiger partial charge in [0.2, 0.25) is 0 Å². The zero-order chi connectivity index (χ0) is 20.2. The first-order valence-corrected chi connectivity index (χ1v) is 9.23. The summed E-state index contributed by atoms with van der Waals surface area (Å²) in [6.07, 6.45) is -0.673. The van der Waals surface area contributed by atoms with Crippen LogP contribution >= 0.6 is 15.9 Å². The van der Waals surface area contributed by atoms with Gasteiger partial charge in [-0.2, -0.15) is 0 Å². The topological polar surface area (TPSA) is 107 Å². The molecule has 0 saturated heterocycles. The molecule has 148 valence electrons. The van der Waals surface area contributed by atoms with Gasteiger partial charge in [0.1, 0.15) is 0 Å². The number of hydrogen-bond donors (Lipinski definition) is 4. The maximum absolute atomic E-state index is 11.2. The van der Waals surface area contributed by atoms with E-state index in [1.165, 1.54) is 7.11 Å². The van der Waals surface area contributed by atoms with Crippen LogP contribution in [0.4, 0.5) is 0 Å². The second-order valence-corrected chi connectivity index (χ2v) is 6.64. The summed E-state index contributed by atoms with van der Waals surface area (Å²) in [5, 5.41) is 36.3. The molecule has 2 unspecified atom stereocenters. The van der Waals surface area contributed by atoms with Crippen LogP contribution in [0.25, 0.3) is 0 Å². The fraction of sp³-hybridized carbons (Fsp3) is 0.350. The van der Waals surface area contributed by atoms with Crippen molar-refractivity contribution in [2.45, 2.75) is 25.0 Å². The Labute approximate surface area is 167 Å². The number of benzene rings is 2. The predicted molar refractivity (Wildman–Crippen MR) is 105 cm³/mol. The first-order valence-electron chi connectivity index (χ1n) is 8.44. The summed E-state index contributed by atoms with van der Waals surface area (Å²) in [7, 11) is 1.30. The molecule has 0 amide bonds. The van der Waals surface area contributed by atoms with Crippen LogP contribution in [0.3, 0.4) is 0 Å². The molecule has 0 radical (unpaired) electrons. The zero-order valence-corrected chi connectivity index (χ0v) is 16.7. The standard InChI is InChI=1S/C11H14O4.C9H11BrO2/c1-15-11(14)9-4-2-3-8(7-9)10(13)5-6-12;10-8-3-1-2-7(6-8)9(12)4-5-11/h2-4,7,10,12-13H,5-6H2,1H3;1-3,6,9,11-12H,4-5H2. The number of aliphatic hydroxyl groups excluding tert-OH is 4. The number of hydrogen-bond acceptors (Lipinski definition) is 6. The minimum atomic E-state index is -0.750. The van der Waals surface area contributed by atoms with Crippen molar-refractivity contribution in [1.29, 1.82) is 0 Å². The Balaban J connectivity index is 0.000000277. The Bertz CT molecular complexity index is 706. The molecule has 0 aliphatic carbocycles. The van der Waals surface area contributed by atoms with Crippen molar-refractivity contribution >= 4 is 21.9 Å². The van der Waals surface area contributed by atoms with Crippen molar-refractivity contribution in [1.82, 2.24) is 0 Å². The van der Waals surface area contributed by atoms with E-state index in [-0.39, 0.29) is 19.6 Å². The van der Waals surface area contributed by atoms with Crippen LogP contribution in [-0.4, -0.2) is 46.7 Å². The number of methoxy groups -OCH3 is 1. The van der Waals surface area contributed by atoms with E-state index in [1.807, 2.05) is 24.3 Å². The molecule has 27 heavy (non-hydrogen) atoms. The van der Waals surface area contributed by atoms with E-state index in [0.717, 1.165) is 10.0 Å². The van der Waals surface area contributed by atoms with Crippen molar-refractivity contribution in [3.05, 3.63) is 69.7 Å². The Morgan fingerprint density at radius 1 is 0.963 bits per heavy atom. The fourth-order valence-electron chi connectivity index (χ4n) is 2.28. The summed E-state index contributed by atoms with van der Waals surface area (Å²) in [5.41, 5.74) is 1.83.